The zero-order valence-corrected chi connectivity index (χ0v) is 34.5. The molecule has 2 fully saturated rings. The van der Waals surface area contributed by atoms with Crippen molar-refractivity contribution in [3.63, 3.8) is 0 Å². The number of hydrogen-bond acceptors (Lipinski definition) is 10. The van der Waals surface area contributed by atoms with Crippen molar-refractivity contribution in [1.29, 1.82) is 0 Å². The van der Waals surface area contributed by atoms with E-state index in [1.807, 2.05) is 18.2 Å². The second-order valence-electron chi connectivity index (χ2n) is 17.6. The highest BCUT2D eigenvalue weighted by Crippen LogP contribution is 2.47. The number of phenols is 1. The second kappa shape index (κ2) is 22.4. The van der Waals surface area contributed by atoms with Crippen molar-refractivity contribution < 1.29 is 35.0 Å². The number of rotatable bonds is 25. The number of aryl methyl sites for hydroxylation is 1. The van der Waals surface area contributed by atoms with Gasteiger partial charge in [-0.05, 0) is 100 Å². The van der Waals surface area contributed by atoms with E-state index < -0.39 is 12.2 Å². The average molecular weight is 780 g/mol. The van der Waals surface area contributed by atoms with Crippen LogP contribution in [0.25, 0.3) is 0 Å². The molecule has 2 aliphatic carbocycles. The Hall–Kier alpha value is -2.73. The minimum absolute atomic E-state index is 0.0194. The van der Waals surface area contributed by atoms with Gasteiger partial charge in [0.15, 0.2) is 29.4 Å². The molecule has 5 rings (SSSR count). The number of allylic oxidation sites excluding steroid dienone is 1. The van der Waals surface area contributed by atoms with Crippen molar-refractivity contribution >= 4 is 5.71 Å². The number of nitrogens with one attached hydrogen (secondary N) is 1. The summed E-state index contributed by atoms with van der Waals surface area (Å²) in [5.74, 6) is 4.35. The highest BCUT2D eigenvalue weighted by Gasteiger charge is 2.47. The van der Waals surface area contributed by atoms with Crippen LogP contribution in [-0.2, 0) is 11.2 Å². The van der Waals surface area contributed by atoms with Crippen molar-refractivity contribution in [2.45, 2.75) is 160 Å². The summed E-state index contributed by atoms with van der Waals surface area (Å²) in [6.45, 7) is 7.48. The van der Waals surface area contributed by atoms with E-state index in [1.165, 1.54) is 24.8 Å². The van der Waals surface area contributed by atoms with Gasteiger partial charge in [0.2, 0.25) is 0 Å². The van der Waals surface area contributed by atoms with E-state index in [-0.39, 0.29) is 37.2 Å². The molecule has 0 radical (unpaired) electrons. The minimum atomic E-state index is -0.932. The number of hydrogen-bond donors (Lipinski definition) is 7. The van der Waals surface area contributed by atoms with Crippen molar-refractivity contribution in [1.82, 2.24) is 5.32 Å². The lowest BCUT2D eigenvalue weighted by molar-refractivity contribution is 0.120. The number of aliphatic hydroxyl groups is 4. The predicted molar refractivity (Wildman–Crippen MR) is 223 cm³/mol. The van der Waals surface area contributed by atoms with Gasteiger partial charge in [0.1, 0.15) is 12.2 Å². The summed E-state index contributed by atoms with van der Waals surface area (Å²) in [4.78, 5) is 4.91. The number of phenolic OH excluding ortho intramolecular Hbond substituents is 1. The zero-order valence-electron chi connectivity index (χ0n) is 34.5. The van der Waals surface area contributed by atoms with Gasteiger partial charge in [0.25, 0.3) is 0 Å². The van der Waals surface area contributed by atoms with E-state index in [2.05, 4.69) is 25.2 Å². The molecule has 0 bridgehead atoms. The van der Waals surface area contributed by atoms with Gasteiger partial charge in [-0.25, -0.2) is 0 Å². The fraction of sp³-hybridized carbons (Fsp3) is 0.717. The molecular formula is C46H73N3O7. The number of nitrogens with zero attached hydrogens (tertiary/aromatic N) is 1. The van der Waals surface area contributed by atoms with Gasteiger partial charge in [0.05, 0.1) is 24.2 Å². The largest absolute Gasteiger partial charge is 0.592 e. The highest BCUT2D eigenvalue weighted by molar-refractivity contribution is 6.04. The van der Waals surface area contributed by atoms with Gasteiger partial charge in [-0.3, -0.25) is 0 Å². The first-order chi connectivity index (χ1) is 27.0. The molecule has 0 amide bonds. The molecule has 2 heterocycles. The maximum atomic E-state index is 11.2. The molecule has 4 aliphatic rings. The molecule has 1 aromatic rings. The van der Waals surface area contributed by atoms with E-state index in [0.717, 1.165) is 107 Å². The number of nitrogens with two attached hydrogens (primary N) is 1. The third-order valence-electron chi connectivity index (χ3n) is 12.5. The first kappa shape index (κ1) is 44.4. The van der Waals surface area contributed by atoms with Crippen molar-refractivity contribution in [3.8, 4) is 11.5 Å². The Morgan fingerprint density at radius 3 is 2.59 bits per heavy atom. The number of aliphatic imine (C=N–C) groups is 1. The molecule has 1 aromatic carbocycles. The van der Waals surface area contributed by atoms with Crippen LogP contribution in [0.1, 0.15) is 129 Å². The topological polar surface area (TPSA) is 170 Å². The predicted octanol–water partition coefficient (Wildman–Crippen LogP) is 6.87. The van der Waals surface area contributed by atoms with E-state index in [1.54, 1.807) is 13.0 Å². The number of aliphatic hydroxyl groups excluding tert-OH is 4. The van der Waals surface area contributed by atoms with Crippen LogP contribution in [0.4, 0.5) is 0 Å². The quantitative estimate of drug-likeness (QED) is 0.0414. The summed E-state index contributed by atoms with van der Waals surface area (Å²) in [6.07, 6.45) is 19.3. The molecule has 8 N–H and O–H groups in total. The number of aromatic hydroxyl groups is 1. The Labute approximate surface area is 337 Å². The molecule has 0 spiro atoms. The lowest BCUT2D eigenvalue weighted by Crippen LogP contribution is -2.34. The zero-order chi connectivity index (χ0) is 40.0. The summed E-state index contributed by atoms with van der Waals surface area (Å²) in [6, 6.07) is 6.09. The summed E-state index contributed by atoms with van der Waals surface area (Å²) in [5.41, 5.74) is 9.60. The normalized spacial score (nSPS) is 24.2. The van der Waals surface area contributed by atoms with Gasteiger partial charge in [-0.15, -0.1) is 4.99 Å². The van der Waals surface area contributed by atoms with Crippen LogP contribution in [0, 0.1) is 35.6 Å². The first-order valence-corrected chi connectivity index (χ1v) is 22.0. The average Bonchev–Trinajstić information content (AvgIpc) is 3.91. The Kier molecular flexibility index (Phi) is 17.8. The van der Waals surface area contributed by atoms with Crippen LogP contribution in [0.2, 0.25) is 0 Å². The van der Waals surface area contributed by atoms with Crippen LogP contribution >= 0.6 is 0 Å². The Bertz CT molecular complexity index is 1430. The summed E-state index contributed by atoms with van der Waals surface area (Å²) in [7, 11) is 0. The third-order valence-corrected chi connectivity index (χ3v) is 12.5. The summed E-state index contributed by atoms with van der Waals surface area (Å²) >= 11 is 0. The van der Waals surface area contributed by atoms with E-state index >= 15 is 0 Å². The van der Waals surface area contributed by atoms with Crippen molar-refractivity contribution in [2.75, 3.05) is 26.3 Å². The van der Waals surface area contributed by atoms with Crippen molar-refractivity contribution in [3.05, 3.63) is 59.2 Å². The molecule has 2 aliphatic heterocycles. The Morgan fingerprint density at radius 2 is 1.80 bits per heavy atom. The molecule has 10 heteroatoms. The maximum absolute atomic E-state index is 11.2. The van der Waals surface area contributed by atoms with Gasteiger partial charge in [-0.2, -0.15) is 12.0 Å². The number of ether oxygens (including phenoxy) is 2. The Morgan fingerprint density at radius 1 is 1.00 bits per heavy atom. The third kappa shape index (κ3) is 13.4. The molecule has 8 unspecified atom stereocenters. The molecule has 8 atom stereocenters. The molecule has 314 valence electrons. The molecular weight excluding hydrogens is 707 g/mol. The first-order valence-electron chi connectivity index (χ1n) is 22.0. The van der Waals surface area contributed by atoms with Crippen LogP contribution in [-0.4, -0.2) is 88.0 Å². The highest BCUT2D eigenvalue weighted by atomic mass is 16.5. The maximum Gasteiger partial charge on any atom is 0.189 e. The fourth-order valence-electron chi connectivity index (χ4n) is 9.18. The van der Waals surface area contributed by atoms with Gasteiger partial charge >= 0.3 is 0 Å². The smallest absolute Gasteiger partial charge is 0.189 e. The monoisotopic (exact) mass is 780 g/mol. The summed E-state index contributed by atoms with van der Waals surface area (Å²) in [5, 5.41) is 55.3. The van der Waals surface area contributed by atoms with Crippen LogP contribution in [0.5, 0.6) is 11.5 Å². The van der Waals surface area contributed by atoms with Gasteiger partial charge < -0.3 is 46.1 Å². The van der Waals surface area contributed by atoms with Crippen molar-refractivity contribution in [2.24, 2.45) is 34.4 Å². The van der Waals surface area contributed by atoms with Gasteiger partial charge in [0, 0.05) is 38.3 Å². The lowest BCUT2D eigenvalue weighted by Gasteiger charge is -2.26. The Balaban J connectivity index is 1.02. The molecule has 10 nitrogen and oxygen atoms in total. The van der Waals surface area contributed by atoms with Crippen LogP contribution < -0.4 is 15.8 Å². The fourth-order valence-corrected chi connectivity index (χ4v) is 9.18. The number of unbranched alkanes of at least 4 members (excludes halogenated alkanes) is 3. The van der Waals surface area contributed by atoms with E-state index in [4.69, 9.17) is 20.2 Å². The SMILES string of the molecule is CC(C)CCC(O)CCC(N)CCCCCCC1OC(CCc2ccc(O)c(OCC(O)[C+]3C=C4C(=N3)CCC3CCCC3C4CNCC(C)O)c2)=C[C-]1CO. The standard InChI is InChI=1S/C46H73N3O7/c1-30(2)13-18-36(52)19-17-35(47)10-6-4-5-7-12-45-34(28-50)24-37(56-45)20-14-32-15-22-43(53)46(23-32)55-29-44(54)42-25-39-40(27-48-26-31(3)51)38-11-8-9-33(38)16-21-41(39)49-42/h15,22-25,30-31,33,35-36,38,40,44-45,48,50-54H,4-14,16-21,26-29,47H2,1-3H3. The lowest BCUT2D eigenvalue weighted by atomic mass is 9.80. The molecule has 2 saturated carbocycles. The van der Waals surface area contributed by atoms with Gasteiger partial charge in [-0.1, -0.05) is 70.6 Å². The summed E-state index contributed by atoms with van der Waals surface area (Å²) < 4.78 is 12.3. The van der Waals surface area contributed by atoms with E-state index in [9.17, 15) is 25.5 Å². The molecule has 56 heavy (non-hydrogen) atoms. The number of fused-ring (bicyclic) bond motifs is 2. The molecule has 0 saturated heterocycles. The van der Waals surface area contributed by atoms with E-state index in [0.29, 0.717) is 54.8 Å². The second-order valence-corrected chi connectivity index (χ2v) is 17.6. The minimum Gasteiger partial charge on any atom is -0.592 e. The number of benzene rings is 1. The van der Waals surface area contributed by atoms with Crippen LogP contribution in [0.3, 0.4) is 0 Å². The molecule has 0 aromatic heterocycles. The van der Waals surface area contributed by atoms with Crippen LogP contribution in [0.15, 0.2) is 46.7 Å².